The predicted octanol–water partition coefficient (Wildman–Crippen LogP) is 5.68. The number of aryl methyl sites for hydroxylation is 3. The van der Waals surface area contributed by atoms with Crippen LogP contribution in [0.2, 0.25) is 0 Å². The average molecular weight is 606 g/mol. The van der Waals surface area contributed by atoms with E-state index in [2.05, 4.69) is 5.32 Å². The summed E-state index contributed by atoms with van der Waals surface area (Å²) in [6, 6.07) is 18.7. The van der Waals surface area contributed by atoms with E-state index in [0.717, 1.165) is 58.7 Å². The van der Waals surface area contributed by atoms with Gasteiger partial charge in [0.25, 0.3) is 10.0 Å². The molecule has 1 aliphatic carbocycles. The number of nitrogens with zero attached hydrogens (tertiary/aromatic N) is 2. The molecule has 3 aromatic carbocycles. The topological polar surface area (TPSA) is 96.0 Å². The molecule has 0 aliphatic heterocycles. The molecule has 230 valence electrons. The number of ether oxygens (including phenoxy) is 1. The molecule has 8 nitrogen and oxygen atoms in total. The molecule has 3 aromatic rings. The summed E-state index contributed by atoms with van der Waals surface area (Å²) in [6.45, 7) is 7.04. The SMILES string of the molecule is COc1ccc(C)cc1N(CC(=O)N(Cc1ccccc1C)[C@H](C)C(=O)NC1CCCCC1)S(=O)(=O)c1ccc(C)cc1. The molecule has 0 radical (unpaired) electrons. The van der Waals surface area contributed by atoms with E-state index in [4.69, 9.17) is 4.74 Å². The maximum absolute atomic E-state index is 14.3. The number of nitrogens with one attached hydrogen (secondary N) is 1. The largest absolute Gasteiger partial charge is 0.495 e. The van der Waals surface area contributed by atoms with Gasteiger partial charge in [0.05, 0.1) is 17.7 Å². The quantitative estimate of drug-likeness (QED) is 0.303. The van der Waals surface area contributed by atoms with Crippen molar-refractivity contribution in [1.29, 1.82) is 0 Å². The fourth-order valence-corrected chi connectivity index (χ4v) is 6.88. The van der Waals surface area contributed by atoms with Crippen molar-refractivity contribution in [1.82, 2.24) is 10.2 Å². The van der Waals surface area contributed by atoms with Crippen LogP contribution in [0.5, 0.6) is 5.75 Å². The normalized spacial score (nSPS) is 14.5. The zero-order chi connectivity index (χ0) is 31.1. The number of anilines is 1. The van der Waals surface area contributed by atoms with Crippen molar-refractivity contribution in [2.75, 3.05) is 18.0 Å². The first-order chi connectivity index (χ1) is 20.5. The Morgan fingerprint density at radius 2 is 1.58 bits per heavy atom. The Balaban J connectivity index is 1.74. The number of sulfonamides is 1. The summed E-state index contributed by atoms with van der Waals surface area (Å²) < 4.78 is 35.0. The van der Waals surface area contributed by atoms with Crippen molar-refractivity contribution >= 4 is 27.5 Å². The van der Waals surface area contributed by atoms with Crippen LogP contribution in [0, 0.1) is 20.8 Å². The summed E-state index contributed by atoms with van der Waals surface area (Å²) in [6.07, 6.45) is 5.12. The van der Waals surface area contributed by atoms with Gasteiger partial charge in [-0.15, -0.1) is 0 Å². The zero-order valence-electron chi connectivity index (χ0n) is 25.8. The Hall–Kier alpha value is -3.85. The lowest BCUT2D eigenvalue weighted by atomic mass is 9.95. The molecule has 0 saturated heterocycles. The second kappa shape index (κ2) is 14.1. The third kappa shape index (κ3) is 7.76. The summed E-state index contributed by atoms with van der Waals surface area (Å²) in [5.41, 5.74) is 3.84. The smallest absolute Gasteiger partial charge is 0.264 e. The second-order valence-electron chi connectivity index (χ2n) is 11.5. The molecule has 9 heteroatoms. The first-order valence-electron chi connectivity index (χ1n) is 14.9. The fourth-order valence-electron chi connectivity index (χ4n) is 5.47. The third-order valence-corrected chi connectivity index (χ3v) is 9.99. The second-order valence-corrected chi connectivity index (χ2v) is 13.3. The van der Waals surface area contributed by atoms with E-state index in [1.165, 1.54) is 24.1 Å². The van der Waals surface area contributed by atoms with Crippen LogP contribution >= 0.6 is 0 Å². The minimum absolute atomic E-state index is 0.0583. The van der Waals surface area contributed by atoms with Crippen molar-refractivity contribution in [3.8, 4) is 5.75 Å². The van der Waals surface area contributed by atoms with E-state index < -0.39 is 28.5 Å². The summed E-state index contributed by atoms with van der Waals surface area (Å²) in [5.74, 6) is -0.411. The van der Waals surface area contributed by atoms with Gasteiger partial charge in [0.1, 0.15) is 18.3 Å². The number of carbonyl (C=O) groups is 2. The molecule has 0 spiro atoms. The van der Waals surface area contributed by atoms with Crippen molar-refractivity contribution in [2.24, 2.45) is 0 Å². The number of hydrogen-bond donors (Lipinski definition) is 1. The molecule has 0 heterocycles. The minimum Gasteiger partial charge on any atom is -0.495 e. The van der Waals surface area contributed by atoms with Gasteiger partial charge in [0, 0.05) is 12.6 Å². The number of carbonyl (C=O) groups excluding carboxylic acids is 2. The summed E-state index contributed by atoms with van der Waals surface area (Å²) >= 11 is 0. The van der Waals surface area contributed by atoms with Crippen molar-refractivity contribution < 1.29 is 22.7 Å². The molecule has 1 aliphatic rings. The van der Waals surface area contributed by atoms with Crippen LogP contribution in [-0.2, 0) is 26.2 Å². The van der Waals surface area contributed by atoms with Gasteiger partial charge in [0.2, 0.25) is 11.8 Å². The van der Waals surface area contributed by atoms with Crippen molar-refractivity contribution in [2.45, 2.75) is 83.3 Å². The zero-order valence-corrected chi connectivity index (χ0v) is 26.6. The highest BCUT2D eigenvalue weighted by Gasteiger charge is 2.34. The third-order valence-electron chi connectivity index (χ3n) is 8.21. The van der Waals surface area contributed by atoms with Crippen LogP contribution in [-0.4, -0.2) is 50.9 Å². The lowest BCUT2D eigenvalue weighted by Crippen LogP contribution is -2.53. The number of benzene rings is 3. The Bertz CT molecular complexity index is 1530. The van der Waals surface area contributed by atoms with E-state index >= 15 is 0 Å². The average Bonchev–Trinajstić information content (AvgIpc) is 2.99. The first-order valence-corrected chi connectivity index (χ1v) is 16.3. The van der Waals surface area contributed by atoms with Crippen molar-refractivity contribution in [3.63, 3.8) is 0 Å². The van der Waals surface area contributed by atoms with Crippen molar-refractivity contribution in [3.05, 3.63) is 89.0 Å². The Morgan fingerprint density at radius 3 is 2.23 bits per heavy atom. The van der Waals surface area contributed by atoms with Crippen LogP contribution in [0.4, 0.5) is 5.69 Å². The Labute approximate surface area is 256 Å². The summed E-state index contributed by atoms with van der Waals surface area (Å²) in [4.78, 5) is 29.4. The van der Waals surface area contributed by atoms with Crippen LogP contribution in [0.3, 0.4) is 0 Å². The lowest BCUT2D eigenvalue weighted by molar-refractivity contribution is -0.139. The van der Waals surface area contributed by atoms with Gasteiger partial charge in [-0.3, -0.25) is 13.9 Å². The van der Waals surface area contributed by atoms with E-state index in [9.17, 15) is 18.0 Å². The molecule has 1 atom stereocenters. The van der Waals surface area contributed by atoms with Gasteiger partial charge in [0.15, 0.2) is 0 Å². The minimum atomic E-state index is -4.19. The Morgan fingerprint density at radius 1 is 0.930 bits per heavy atom. The maximum Gasteiger partial charge on any atom is 0.264 e. The van der Waals surface area contributed by atoms with E-state index in [-0.39, 0.29) is 29.1 Å². The number of amides is 2. The highest BCUT2D eigenvalue weighted by molar-refractivity contribution is 7.92. The lowest BCUT2D eigenvalue weighted by Gasteiger charge is -2.34. The monoisotopic (exact) mass is 605 g/mol. The predicted molar refractivity (Wildman–Crippen MR) is 170 cm³/mol. The van der Waals surface area contributed by atoms with E-state index in [1.807, 2.05) is 51.1 Å². The van der Waals surface area contributed by atoms with Crippen LogP contribution < -0.4 is 14.4 Å². The van der Waals surface area contributed by atoms with E-state index in [1.54, 1.807) is 31.2 Å². The molecule has 2 amide bonds. The summed E-state index contributed by atoms with van der Waals surface area (Å²) in [7, 11) is -2.73. The fraction of sp³-hybridized carbons (Fsp3) is 0.412. The number of hydrogen-bond acceptors (Lipinski definition) is 5. The van der Waals surface area contributed by atoms with Gasteiger partial charge >= 0.3 is 0 Å². The van der Waals surface area contributed by atoms with Gasteiger partial charge in [-0.05, 0) is 81.5 Å². The number of methoxy groups -OCH3 is 1. The van der Waals surface area contributed by atoms with Crippen LogP contribution in [0.15, 0.2) is 71.6 Å². The van der Waals surface area contributed by atoms with Gasteiger partial charge in [-0.25, -0.2) is 8.42 Å². The molecule has 1 N–H and O–H groups in total. The highest BCUT2D eigenvalue weighted by Crippen LogP contribution is 2.34. The van der Waals surface area contributed by atoms with E-state index in [0.29, 0.717) is 5.75 Å². The van der Waals surface area contributed by atoms with Gasteiger partial charge in [-0.2, -0.15) is 0 Å². The summed E-state index contributed by atoms with van der Waals surface area (Å²) in [5, 5.41) is 3.14. The molecule has 0 aromatic heterocycles. The van der Waals surface area contributed by atoms with Gasteiger partial charge in [-0.1, -0.05) is 67.3 Å². The van der Waals surface area contributed by atoms with Gasteiger partial charge < -0.3 is 15.0 Å². The molecule has 1 saturated carbocycles. The molecular formula is C34H43N3O5S. The molecule has 1 fully saturated rings. The van der Waals surface area contributed by atoms with Crippen LogP contribution in [0.1, 0.15) is 61.3 Å². The standard InChI is InChI=1S/C34H43N3O5S/c1-24-15-18-30(19-16-24)43(40,41)37(31-21-25(2)17-20-32(31)42-5)23-33(38)36(22-28-12-10-9-11-26(28)3)27(4)34(39)35-29-13-7-6-8-14-29/h9-12,15-21,27,29H,6-8,13-14,22-23H2,1-5H3,(H,35,39)/t27-/m1/s1. The molecular weight excluding hydrogens is 562 g/mol. The molecule has 4 rings (SSSR count). The van der Waals surface area contributed by atoms with Crippen LogP contribution in [0.25, 0.3) is 0 Å². The molecule has 0 unspecified atom stereocenters. The maximum atomic E-state index is 14.3. The molecule has 0 bridgehead atoms. The Kier molecular flexibility index (Phi) is 10.5. The highest BCUT2D eigenvalue weighted by atomic mass is 32.2. The first kappa shape index (κ1) is 32.1. The molecule has 43 heavy (non-hydrogen) atoms. The number of rotatable bonds is 11.